The molecule has 26 heavy (non-hydrogen) atoms. The summed E-state index contributed by atoms with van der Waals surface area (Å²) in [7, 11) is 1.57. The number of imidazole rings is 1. The number of carbonyl (C=O) groups excluding carboxylic acids is 2. The van der Waals surface area contributed by atoms with Gasteiger partial charge in [0.25, 0.3) is 0 Å². The van der Waals surface area contributed by atoms with Crippen molar-refractivity contribution in [2.24, 2.45) is 0 Å². The first-order valence-electron chi connectivity index (χ1n) is 8.21. The monoisotopic (exact) mass is 362 g/mol. The van der Waals surface area contributed by atoms with Gasteiger partial charge in [-0.1, -0.05) is 0 Å². The molecule has 1 heterocycles. The molecule has 0 atom stereocenters. The summed E-state index contributed by atoms with van der Waals surface area (Å²) in [6.45, 7) is 5.16. The van der Waals surface area contributed by atoms with E-state index >= 15 is 0 Å². The van der Waals surface area contributed by atoms with Crippen molar-refractivity contribution in [1.29, 1.82) is 0 Å². The van der Waals surface area contributed by atoms with Crippen LogP contribution < -0.4 is 9.57 Å². The molecular formula is C18H22N2O6. The molecule has 0 spiro atoms. The number of benzene rings is 1. The van der Waals surface area contributed by atoms with E-state index in [2.05, 4.69) is 4.98 Å². The molecule has 8 heteroatoms. The van der Waals surface area contributed by atoms with E-state index in [4.69, 9.17) is 19.0 Å². The van der Waals surface area contributed by atoms with Gasteiger partial charge in [0.2, 0.25) is 6.61 Å². The summed E-state index contributed by atoms with van der Waals surface area (Å²) in [6.07, 6.45) is 0. The van der Waals surface area contributed by atoms with Crippen LogP contribution in [0.25, 0.3) is 11.4 Å². The highest BCUT2D eigenvalue weighted by molar-refractivity contribution is 5.89. The number of rotatable bonds is 8. The third-order valence-electron chi connectivity index (χ3n) is 3.45. The molecule has 0 unspecified atom stereocenters. The maximum Gasteiger partial charge on any atom is 0.360 e. The van der Waals surface area contributed by atoms with Crippen LogP contribution >= 0.6 is 0 Å². The molecular weight excluding hydrogens is 340 g/mol. The summed E-state index contributed by atoms with van der Waals surface area (Å²) >= 11 is 0. The molecule has 8 nitrogen and oxygen atoms in total. The van der Waals surface area contributed by atoms with Crippen molar-refractivity contribution in [3.05, 3.63) is 35.7 Å². The van der Waals surface area contributed by atoms with Gasteiger partial charge in [-0.15, -0.1) is 0 Å². The van der Waals surface area contributed by atoms with Crippen molar-refractivity contribution in [2.45, 2.75) is 20.8 Å². The molecule has 0 saturated carbocycles. The standard InChI is InChI=1S/C18H22N2O6/c1-5-24-15(21)11-26-20-16(18(22)25-6-2)12(3)19-17(20)13-7-9-14(23-4)10-8-13/h7-10H,5-6,11H2,1-4H3. The van der Waals surface area contributed by atoms with Gasteiger partial charge in [0.05, 0.1) is 26.0 Å². The minimum atomic E-state index is -0.582. The van der Waals surface area contributed by atoms with Gasteiger partial charge in [0, 0.05) is 5.56 Å². The van der Waals surface area contributed by atoms with Crippen molar-refractivity contribution < 1.29 is 28.6 Å². The molecule has 0 fully saturated rings. The zero-order chi connectivity index (χ0) is 19.1. The van der Waals surface area contributed by atoms with Crippen LogP contribution in [0.5, 0.6) is 5.75 Å². The molecule has 0 bridgehead atoms. The zero-order valence-electron chi connectivity index (χ0n) is 15.3. The lowest BCUT2D eigenvalue weighted by Crippen LogP contribution is -2.26. The first-order chi connectivity index (χ1) is 12.5. The van der Waals surface area contributed by atoms with Gasteiger partial charge in [-0.05, 0) is 45.0 Å². The predicted octanol–water partition coefficient (Wildman–Crippen LogP) is 2.04. The quantitative estimate of drug-likeness (QED) is 0.664. The highest BCUT2D eigenvalue weighted by Gasteiger charge is 2.25. The molecule has 0 aliphatic carbocycles. The van der Waals surface area contributed by atoms with Gasteiger partial charge in [-0.3, -0.25) is 0 Å². The van der Waals surface area contributed by atoms with Gasteiger partial charge in [0.15, 0.2) is 11.5 Å². The fourth-order valence-electron chi connectivity index (χ4n) is 2.31. The van der Waals surface area contributed by atoms with Crippen molar-refractivity contribution in [2.75, 3.05) is 26.9 Å². The molecule has 0 saturated heterocycles. The van der Waals surface area contributed by atoms with E-state index in [0.29, 0.717) is 22.8 Å². The summed E-state index contributed by atoms with van der Waals surface area (Å²) < 4.78 is 16.3. The number of nitrogens with zero attached hydrogens (tertiary/aromatic N) is 2. The van der Waals surface area contributed by atoms with Crippen LogP contribution in [0.2, 0.25) is 0 Å². The molecule has 2 aromatic rings. The molecule has 0 aliphatic rings. The van der Waals surface area contributed by atoms with Crippen molar-refractivity contribution in [1.82, 2.24) is 9.71 Å². The normalized spacial score (nSPS) is 10.3. The number of hydrogen-bond donors (Lipinski definition) is 0. The number of aryl methyl sites for hydroxylation is 1. The Bertz CT molecular complexity index is 767. The molecule has 1 aromatic heterocycles. The number of hydrogen-bond acceptors (Lipinski definition) is 7. The predicted molar refractivity (Wildman–Crippen MR) is 93.0 cm³/mol. The van der Waals surface area contributed by atoms with Crippen LogP contribution in [0, 0.1) is 6.92 Å². The number of methoxy groups -OCH3 is 1. The Balaban J connectivity index is 2.43. The van der Waals surface area contributed by atoms with Crippen LogP contribution in [0.15, 0.2) is 24.3 Å². The highest BCUT2D eigenvalue weighted by Crippen LogP contribution is 2.24. The summed E-state index contributed by atoms with van der Waals surface area (Å²) in [4.78, 5) is 33.9. The minimum absolute atomic E-state index is 0.127. The first kappa shape index (κ1) is 19.3. The topological polar surface area (TPSA) is 88.9 Å². The van der Waals surface area contributed by atoms with E-state index in [1.165, 1.54) is 4.73 Å². The van der Waals surface area contributed by atoms with Gasteiger partial charge >= 0.3 is 11.9 Å². The molecule has 0 aliphatic heterocycles. The molecule has 1 aromatic carbocycles. The maximum absolute atomic E-state index is 12.3. The molecule has 140 valence electrons. The number of carbonyl (C=O) groups is 2. The van der Waals surface area contributed by atoms with Crippen LogP contribution in [-0.2, 0) is 14.3 Å². The smallest absolute Gasteiger partial charge is 0.360 e. The fourth-order valence-corrected chi connectivity index (χ4v) is 2.31. The maximum atomic E-state index is 12.3. The van der Waals surface area contributed by atoms with Gasteiger partial charge in [0.1, 0.15) is 5.75 Å². The van der Waals surface area contributed by atoms with E-state index in [1.807, 2.05) is 0 Å². The Labute approximate surface area is 151 Å². The van der Waals surface area contributed by atoms with Crippen LogP contribution in [0.4, 0.5) is 0 Å². The first-order valence-corrected chi connectivity index (χ1v) is 8.21. The molecule has 2 rings (SSSR count). The average Bonchev–Trinajstić information content (AvgIpc) is 2.97. The fraction of sp³-hybridized carbons (Fsp3) is 0.389. The van der Waals surface area contributed by atoms with Crippen molar-refractivity contribution >= 4 is 11.9 Å². The summed E-state index contributed by atoms with van der Waals surface area (Å²) in [5.41, 5.74) is 1.24. The third kappa shape index (κ3) is 4.33. The molecule has 0 radical (unpaired) electrons. The van der Waals surface area contributed by atoms with E-state index in [9.17, 15) is 9.59 Å². The van der Waals surface area contributed by atoms with Crippen LogP contribution in [0.1, 0.15) is 30.0 Å². The van der Waals surface area contributed by atoms with E-state index < -0.39 is 11.9 Å². The zero-order valence-corrected chi connectivity index (χ0v) is 15.3. The number of esters is 2. The Morgan fingerprint density at radius 2 is 1.73 bits per heavy atom. The lowest BCUT2D eigenvalue weighted by atomic mass is 10.2. The Kier molecular flexibility index (Phi) is 6.60. The van der Waals surface area contributed by atoms with E-state index in [-0.39, 0.29) is 25.5 Å². The molecule has 0 amide bonds. The van der Waals surface area contributed by atoms with Crippen LogP contribution in [0.3, 0.4) is 0 Å². The second kappa shape index (κ2) is 8.89. The van der Waals surface area contributed by atoms with Gasteiger partial charge < -0.3 is 19.0 Å². The summed E-state index contributed by atoms with van der Waals surface area (Å²) in [6, 6.07) is 7.08. The van der Waals surface area contributed by atoms with Crippen molar-refractivity contribution in [3.63, 3.8) is 0 Å². The van der Waals surface area contributed by atoms with E-state index in [0.717, 1.165) is 0 Å². The van der Waals surface area contributed by atoms with Gasteiger partial charge in [-0.25, -0.2) is 14.6 Å². The third-order valence-corrected chi connectivity index (χ3v) is 3.45. The second-order valence-electron chi connectivity index (χ2n) is 5.19. The largest absolute Gasteiger partial charge is 0.497 e. The summed E-state index contributed by atoms with van der Waals surface area (Å²) in [5.74, 6) is -0.0744. The Morgan fingerprint density at radius 1 is 1.08 bits per heavy atom. The number of ether oxygens (including phenoxy) is 3. The SMILES string of the molecule is CCOC(=O)COn1c(-c2ccc(OC)cc2)nc(C)c1C(=O)OCC. The Hall–Kier alpha value is -3.03. The van der Waals surface area contributed by atoms with Gasteiger partial charge in [-0.2, -0.15) is 4.73 Å². The highest BCUT2D eigenvalue weighted by atomic mass is 16.7. The lowest BCUT2D eigenvalue weighted by molar-refractivity contribution is -0.148. The van der Waals surface area contributed by atoms with Crippen molar-refractivity contribution in [3.8, 4) is 17.1 Å². The van der Waals surface area contributed by atoms with E-state index in [1.54, 1.807) is 52.1 Å². The number of aromatic nitrogens is 2. The summed E-state index contributed by atoms with van der Waals surface area (Å²) in [5, 5.41) is 0. The minimum Gasteiger partial charge on any atom is -0.497 e. The lowest BCUT2D eigenvalue weighted by Gasteiger charge is -2.12. The molecule has 0 N–H and O–H groups in total. The second-order valence-corrected chi connectivity index (χ2v) is 5.19. The van der Waals surface area contributed by atoms with Crippen LogP contribution in [-0.4, -0.2) is 48.6 Å². The average molecular weight is 362 g/mol. The Morgan fingerprint density at radius 3 is 2.31 bits per heavy atom.